The number of aryl methyl sites for hydroxylation is 1. The van der Waals surface area contributed by atoms with Crippen LogP contribution in [0.25, 0.3) is 0 Å². The number of carboxylic acid groups (broad SMARTS) is 1. The highest BCUT2D eigenvalue weighted by Gasteiger charge is 2.25. The van der Waals surface area contributed by atoms with Crippen LogP contribution in [0.2, 0.25) is 0 Å². The Morgan fingerprint density at radius 1 is 1.56 bits per heavy atom. The van der Waals surface area contributed by atoms with Gasteiger partial charge in [0.05, 0.1) is 12.2 Å². The van der Waals surface area contributed by atoms with Gasteiger partial charge < -0.3 is 5.11 Å². The van der Waals surface area contributed by atoms with Gasteiger partial charge in [0.2, 0.25) is 0 Å². The maximum atomic E-state index is 11.0. The number of aromatic nitrogens is 2. The van der Waals surface area contributed by atoms with E-state index in [4.69, 9.17) is 5.11 Å². The molecular weight excluding hydrogens is 230 g/mol. The number of aliphatic carboxylic acids is 1. The van der Waals surface area contributed by atoms with Crippen LogP contribution < -0.4 is 0 Å². The summed E-state index contributed by atoms with van der Waals surface area (Å²) in [6.45, 7) is 3.69. The molecular formula is C13H21N3O2. The van der Waals surface area contributed by atoms with Gasteiger partial charge in [-0.05, 0) is 25.8 Å². The van der Waals surface area contributed by atoms with Crippen LogP contribution >= 0.6 is 0 Å². The molecule has 1 aliphatic rings. The van der Waals surface area contributed by atoms with Crippen molar-refractivity contribution in [3.63, 3.8) is 0 Å². The summed E-state index contributed by atoms with van der Waals surface area (Å²) in [5.41, 5.74) is 1.10. The fraction of sp³-hybridized carbons (Fsp3) is 0.692. The number of carboxylic acids is 1. The van der Waals surface area contributed by atoms with Crippen molar-refractivity contribution in [2.75, 3.05) is 6.54 Å². The molecule has 0 saturated heterocycles. The van der Waals surface area contributed by atoms with Crippen LogP contribution in [0.15, 0.2) is 12.3 Å². The minimum atomic E-state index is -0.746. The molecule has 0 bridgehead atoms. The second kappa shape index (κ2) is 6.00. The van der Waals surface area contributed by atoms with Crippen molar-refractivity contribution in [1.29, 1.82) is 0 Å². The van der Waals surface area contributed by atoms with E-state index in [-0.39, 0.29) is 6.54 Å². The third kappa shape index (κ3) is 3.10. The highest BCUT2D eigenvalue weighted by molar-refractivity contribution is 5.69. The second-order valence-electron chi connectivity index (χ2n) is 4.88. The number of carbonyl (C=O) groups is 1. The maximum absolute atomic E-state index is 11.0. The molecule has 0 aliphatic heterocycles. The van der Waals surface area contributed by atoms with Crippen molar-refractivity contribution >= 4 is 5.97 Å². The largest absolute Gasteiger partial charge is 0.480 e. The van der Waals surface area contributed by atoms with Crippen LogP contribution in [0.3, 0.4) is 0 Å². The average Bonchev–Trinajstić information content (AvgIpc) is 2.98. The van der Waals surface area contributed by atoms with E-state index < -0.39 is 5.97 Å². The maximum Gasteiger partial charge on any atom is 0.317 e. The minimum absolute atomic E-state index is 0.125. The lowest BCUT2D eigenvalue weighted by atomic mass is 10.2. The molecule has 2 rings (SSSR count). The van der Waals surface area contributed by atoms with E-state index >= 15 is 0 Å². The van der Waals surface area contributed by atoms with Crippen LogP contribution in [0, 0.1) is 0 Å². The van der Waals surface area contributed by atoms with Crippen molar-refractivity contribution in [1.82, 2.24) is 14.7 Å². The van der Waals surface area contributed by atoms with E-state index in [2.05, 4.69) is 10.00 Å². The van der Waals surface area contributed by atoms with Crippen LogP contribution in [0.1, 0.15) is 38.3 Å². The highest BCUT2D eigenvalue weighted by Crippen LogP contribution is 2.24. The Morgan fingerprint density at radius 2 is 2.28 bits per heavy atom. The van der Waals surface area contributed by atoms with Crippen LogP contribution in [0.4, 0.5) is 0 Å². The first-order chi connectivity index (χ1) is 8.70. The van der Waals surface area contributed by atoms with Crippen LogP contribution in [-0.4, -0.2) is 38.3 Å². The molecule has 1 aliphatic carbocycles. The van der Waals surface area contributed by atoms with Gasteiger partial charge in [-0.3, -0.25) is 14.4 Å². The Morgan fingerprint density at radius 3 is 2.89 bits per heavy atom. The zero-order chi connectivity index (χ0) is 13.0. The number of hydrogen-bond acceptors (Lipinski definition) is 3. The molecule has 5 heteroatoms. The van der Waals surface area contributed by atoms with Crippen molar-refractivity contribution in [2.45, 2.75) is 51.7 Å². The molecule has 1 N–H and O–H groups in total. The van der Waals surface area contributed by atoms with Crippen molar-refractivity contribution in [3.8, 4) is 0 Å². The third-order valence-electron chi connectivity index (χ3n) is 3.65. The van der Waals surface area contributed by atoms with E-state index in [0.717, 1.165) is 25.1 Å². The number of rotatable bonds is 6. The first kappa shape index (κ1) is 13.1. The highest BCUT2D eigenvalue weighted by atomic mass is 16.4. The normalized spacial score (nSPS) is 16.6. The fourth-order valence-corrected chi connectivity index (χ4v) is 2.74. The smallest absolute Gasteiger partial charge is 0.317 e. The summed E-state index contributed by atoms with van der Waals surface area (Å²) in [6, 6.07) is 2.40. The molecule has 1 heterocycles. The molecule has 0 aromatic carbocycles. The zero-order valence-corrected chi connectivity index (χ0v) is 10.9. The van der Waals surface area contributed by atoms with Gasteiger partial charge in [0, 0.05) is 25.3 Å². The lowest BCUT2D eigenvalue weighted by Gasteiger charge is -2.27. The topological polar surface area (TPSA) is 58.4 Å². The molecule has 0 atom stereocenters. The fourth-order valence-electron chi connectivity index (χ4n) is 2.74. The van der Waals surface area contributed by atoms with Crippen LogP contribution in [-0.2, 0) is 17.9 Å². The van der Waals surface area contributed by atoms with Gasteiger partial charge in [0.1, 0.15) is 0 Å². The lowest BCUT2D eigenvalue weighted by Crippen LogP contribution is -2.37. The Labute approximate surface area is 107 Å². The first-order valence-corrected chi connectivity index (χ1v) is 6.67. The SMILES string of the molecule is CCn1nccc1CN(CC(=O)O)C1CCCC1. The van der Waals surface area contributed by atoms with Gasteiger partial charge in [-0.15, -0.1) is 0 Å². The van der Waals surface area contributed by atoms with E-state index in [1.807, 2.05) is 17.7 Å². The first-order valence-electron chi connectivity index (χ1n) is 6.67. The van der Waals surface area contributed by atoms with E-state index in [0.29, 0.717) is 12.6 Å². The van der Waals surface area contributed by atoms with Gasteiger partial charge in [-0.1, -0.05) is 12.8 Å². The molecule has 1 aromatic heterocycles. The summed E-state index contributed by atoms with van der Waals surface area (Å²) in [4.78, 5) is 13.1. The van der Waals surface area contributed by atoms with Crippen LogP contribution in [0.5, 0.6) is 0 Å². The van der Waals surface area contributed by atoms with Crippen molar-refractivity contribution in [2.24, 2.45) is 0 Å². The van der Waals surface area contributed by atoms with Gasteiger partial charge in [-0.25, -0.2) is 0 Å². The van der Waals surface area contributed by atoms with E-state index in [1.54, 1.807) is 6.20 Å². The molecule has 1 fully saturated rings. The molecule has 1 saturated carbocycles. The van der Waals surface area contributed by atoms with E-state index in [9.17, 15) is 4.79 Å². The molecule has 0 amide bonds. The Hall–Kier alpha value is -1.36. The van der Waals surface area contributed by atoms with Gasteiger partial charge in [-0.2, -0.15) is 5.10 Å². The van der Waals surface area contributed by atoms with Crippen molar-refractivity contribution < 1.29 is 9.90 Å². The molecule has 18 heavy (non-hydrogen) atoms. The molecule has 100 valence electrons. The van der Waals surface area contributed by atoms with Gasteiger partial charge in [0.15, 0.2) is 0 Å². The third-order valence-corrected chi connectivity index (χ3v) is 3.65. The predicted octanol–water partition coefficient (Wildman–Crippen LogP) is 1.73. The summed E-state index contributed by atoms with van der Waals surface area (Å²) in [5.74, 6) is -0.746. The summed E-state index contributed by atoms with van der Waals surface area (Å²) < 4.78 is 1.93. The standard InChI is InChI=1S/C13H21N3O2/c1-2-16-12(7-8-14-16)9-15(10-13(17)18)11-5-3-4-6-11/h7-8,11H,2-6,9-10H2,1H3,(H,17,18). The zero-order valence-electron chi connectivity index (χ0n) is 10.9. The van der Waals surface area contributed by atoms with Gasteiger partial charge >= 0.3 is 5.97 Å². The summed E-state index contributed by atoms with van der Waals surface area (Å²) in [7, 11) is 0. The van der Waals surface area contributed by atoms with Gasteiger partial charge in [0.25, 0.3) is 0 Å². The monoisotopic (exact) mass is 251 g/mol. The summed E-state index contributed by atoms with van der Waals surface area (Å²) in [6.07, 6.45) is 6.45. The molecule has 0 spiro atoms. The number of nitrogens with zero attached hydrogens (tertiary/aromatic N) is 3. The second-order valence-corrected chi connectivity index (χ2v) is 4.88. The Kier molecular flexibility index (Phi) is 4.36. The molecule has 1 aromatic rings. The predicted molar refractivity (Wildman–Crippen MR) is 68.2 cm³/mol. The quantitative estimate of drug-likeness (QED) is 0.836. The summed E-state index contributed by atoms with van der Waals surface area (Å²) >= 11 is 0. The summed E-state index contributed by atoms with van der Waals surface area (Å²) in [5, 5.41) is 13.3. The average molecular weight is 251 g/mol. The van der Waals surface area contributed by atoms with E-state index in [1.165, 1.54) is 12.8 Å². The molecule has 0 unspecified atom stereocenters. The molecule has 0 radical (unpaired) electrons. The lowest BCUT2D eigenvalue weighted by molar-refractivity contribution is -0.139. The number of hydrogen-bond donors (Lipinski definition) is 1. The van der Waals surface area contributed by atoms with Crippen molar-refractivity contribution in [3.05, 3.63) is 18.0 Å². The Bertz CT molecular complexity index is 397. The molecule has 5 nitrogen and oxygen atoms in total. The Balaban J connectivity index is 2.06. The minimum Gasteiger partial charge on any atom is -0.480 e.